The van der Waals surface area contributed by atoms with E-state index in [1.54, 1.807) is 29.3 Å². The van der Waals surface area contributed by atoms with E-state index in [4.69, 9.17) is 14.2 Å². The first-order valence-electron chi connectivity index (χ1n) is 10.4. The molecule has 0 aliphatic carbocycles. The molecule has 3 aromatic rings. The predicted molar refractivity (Wildman–Crippen MR) is 117 cm³/mol. The molecule has 164 valence electrons. The van der Waals surface area contributed by atoms with Crippen LogP contribution in [0.5, 0.6) is 17.2 Å². The van der Waals surface area contributed by atoms with Crippen molar-refractivity contribution in [1.29, 1.82) is 0 Å². The first kappa shape index (κ1) is 22.1. The SMILES string of the molecule is CCOc1cc(C(=O)NC(Cn2nccn2)c2ccccc2)cc(OCC)c1OCC. The van der Waals surface area contributed by atoms with E-state index < -0.39 is 0 Å². The molecule has 3 rings (SSSR count). The third-order valence-electron chi connectivity index (χ3n) is 4.49. The Kier molecular flexibility index (Phi) is 7.86. The van der Waals surface area contributed by atoms with Gasteiger partial charge < -0.3 is 19.5 Å². The lowest BCUT2D eigenvalue weighted by molar-refractivity contribution is 0.0929. The highest BCUT2D eigenvalue weighted by Gasteiger charge is 2.21. The number of benzene rings is 2. The zero-order valence-corrected chi connectivity index (χ0v) is 18.1. The molecule has 1 N–H and O–H groups in total. The lowest BCUT2D eigenvalue weighted by Gasteiger charge is -2.20. The monoisotopic (exact) mass is 424 g/mol. The summed E-state index contributed by atoms with van der Waals surface area (Å²) in [6, 6.07) is 12.8. The maximum atomic E-state index is 13.2. The number of rotatable bonds is 11. The van der Waals surface area contributed by atoms with Crippen molar-refractivity contribution < 1.29 is 19.0 Å². The minimum atomic E-state index is -0.321. The molecular formula is C23H28N4O4. The second kappa shape index (κ2) is 11.0. The Labute approximate surface area is 182 Å². The van der Waals surface area contributed by atoms with Crippen molar-refractivity contribution in [2.75, 3.05) is 19.8 Å². The molecule has 1 unspecified atom stereocenters. The average Bonchev–Trinajstić information content (AvgIpc) is 3.29. The minimum Gasteiger partial charge on any atom is -0.490 e. The number of carbonyl (C=O) groups is 1. The van der Waals surface area contributed by atoms with Crippen molar-refractivity contribution in [2.24, 2.45) is 0 Å². The van der Waals surface area contributed by atoms with E-state index in [1.807, 2.05) is 51.1 Å². The number of nitrogens with one attached hydrogen (secondary N) is 1. The molecule has 1 amide bonds. The quantitative estimate of drug-likeness (QED) is 0.506. The molecule has 0 saturated carbocycles. The van der Waals surface area contributed by atoms with Crippen LogP contribution in [0, 0.1) is 0 Å². The first-order chi connectivity index (χ1) is 15.2. The van der Waals surface area contributed by atoms with Gasteiger partial charge in [-0.25, -0.2) is 0 Å². The molecule has 0 aliphatic heterocycles. The summed E-state index contributed by atoms with van der Waals surface area (Å²) in [6.07, 6.45) is 3.22. The van der Waals surface area contributed by atoms with Crippen molar-refractivity contribution in [2.45, 2.75) is 33.4 Å². The van der Waals surface area contributed by atoms with Crippen molar-refractivity contribution >= 4 is 5.91 Å². The number of aromatic nitrogens is 3. The molecule has 8 heteroatoms. The molecule has 31 heavy (non-hydrogen) atoms. The zero-order valence-electron chi connectivity index (χ0n) is 18.1. The largest absolute Gasteiger partial charge is 0.490 e. The van der Waals surface area contributed by atoms with E-state index in [0.29, 0.717) is 49.2 Å². The van der Waals surface area contributed by atoms with Gasteiger partial charge in [0.1, 0.15) is 0 Å². The highest BCUT2D eigenvalue weighted by molar-refractivity contribution is 5.96. The van der Waals surface area contributed by atoms with Gasteiger partial charge in [-0.2, -0.15) is 15.0 Å². The van der Waals surface area contributed by atoms with Gasteiger partial charge in [-0.3, -0.25) is 4.79 Å². The van der Waals surface area contributed by atoms with E-state index in [0.717, 1.165) is 5.56 Å². The van der Waals surface area contributed by atoms with Gasteiger partial charge in [0.2, 0.25) is 5.75 Å². The second-order valence-corrected chi connectivity index (χ2v) is 6.62. The molecule has 0 bridgehead atoms. The molecule has 0 radical (unpaired) electrons. The van der Waals surface area contributed by atoms with Gasteiger partial charge in [0.05, 0.1) is 44.8 Å². The number of amides is 1. The summed E-state index contributed by atoms with van der Waals surface area (Å²) in [5, 5.41) is 11.4. The molecule has 0 aliphatic rings. The summed E-state index contributed by atoms with van der Waals surface area (Å²) in [4.78, 5) is 14.8. The molecule has 0 fully saturated rings. The van der Waals surface area contributed by atoms with Gasteiger partial charge in [-0.15, -0.1) is 0 Å². The fourth-order valence-corrected chi connectivity index (χ4v) is 3.18. The van der Waals surface area contributed by atoms with Crippen LogP contribution in [-0.4, -0.2) is 40.7 Å². The number of hydrogen-bond donors (Lipinski definition) is 1. The van der Waals surface area contributed by atoms with Crippen LogP contribution >= 0.6 is 0 Å². The normalized spacial score (nSPS) is 11.6. The number of nitrogens with zero attached hydrogens (tertiary/aromatic N) is 3. The average molecular weight is 425 g/mol. The van der Waals surface area contributed by atoms with Crippen LogP contribution in [-0.2, 0) is 6.54 Å². The molecule has 1 heterocycles. The van der Waals surface area contributed by atoms with Crippen LogP contribution < -0.4 is 19.5 Å². The number of ether oxygens (including phenoxy) is 3. The Balaban J connectivity index is 1.91. The van der Waals surface area contributed by atoms with Gasteiger partial charge in [0.25, 0.3) is 5.91 Å². The van der Waals surface area contributed by atoms with Crippen LogP contribution in [0.1, 0.15) is 42.7 Å². The van der Waals surface area contributed by atoms with Crippen LogP contribution in [0.4, 0.5) is 0 Å². The van der Waals surface area contributed by atoms with Crippen molar-refractivity contribution in [3.63, 3.8) is 0 Å². The summed E-state index contributed by atoms with van der Waals surface area (Å²) < 4.78 is 17.2. The third-order valence-corrected chi connectivity index (χ3v) is 4.49. The molecule has 1 atom stereocenters. The Bertz CT molecular complexity index is 934. The summed E-state index contributed by atoms with van der Waals surface area (Å²) >= 11 is 0. The first-order valence-corrected chi connectivity index (χ1v) is 10.4. The van der Waals surface area contributed by atoms with Crippen molar-refractivity contribution in [1.82, 2.24) is 20.3 Å². The number of carbonyl (C=O) groups excluding carboxylic acids is 1. The van der Waals surface area contributed by atoms with Gasteiger partial charge in [0.15, 0.2) is 11.5 Å². The Hall–Kier alpha value is -3.55. The van der Waals surface area contributed by atoms with E-state index >= 15 is 0 Å². The van der Waals surface area contributed by atoms with Crippen LogP contribution in [0.2, 0.25) is 0 Å². The smallest absolute Gasteiger partial charge is 0.252 e. The Morgan fingerprint density at radius 2 is 1.52 bits per heavy atom. The fraction of sp³-hybridized carbons (Fsp3) is 0.348. The highest BCUT2D eigenvalue weighted by Crippen LogP contribution is 2.39. The lowest BCUT2D eigenvalue weighted by atomic mass is 10.1. The fourth-order valence-electron chi connectivity index (χ4n) is 3.18. The summed E-state index contributed by atoms with van der Waals surface area (Å²) in [7, 11) is 0. The van der Waals surface area contributed by atoms with Crippen molar-refractivity contribution in [3.05, 3.63) is 66.0 Å². The van der Waals surface area contributed by atoms with Gasteiger partial charge in [-0.05, 0) is 38.5 Å². The summed E-state index contributed by atoms with van der Waals surface area (Å²) in [5.41, 5.74) is 1.37. The lowest BCUT2D eigenvalue weighted by Crippen LogP contribution is -2.32. The van der Waals surface area contributed by atoms with Crippen LogP contribution in [0.25, 0.3) is 0 Å². The third kappa shape index (κ3) is 5.75. The van der Waals surface area contributed by atoms with Gasteiger partial charge >= 0.3 is 0 Å². The maximum absolute atomic E-state index is 13.2. The summed E-state index contributed by atoms with van der Waals surface area (Å²) in [5.74, 6) is 1.20. The van der Waals surface area contributed by atoms with Crippen LogP contribution in [0.3, 0.4) is 0 Å². The molecule has 8 nitrogen and oxygen atoms in total. The topological polar surface area (TPSA) is 87.5 Å². The molecular weight excluding hydrogens is 396 g/mol. The second-order valence-electron chi connectivity index (χ2n) is 6.62. The Morgan fingerprint density at radius 3 is 2.06 bits per heavy atom. The van der Waals surface area contributed by atoms with Crippen LogP contribution in [0.15, 0.2) is 54.9 Å². The number of hydrogen-bond acceptors (Lipinski definition) is 6. The van der Waals surface area contributed by atoms with Gasteiger partial charge in [0, 0.05) is 5.56 Å². The molecule has 1 aromatic heterocycles. The van der Waals surface area contributed by atoms with Crippen molar-refractivity contribution in [3.8, 4) is 17.2 Å². The van der Waals surface area contributed by atoms with E-state index in [1.165, 1.54) is 0 Å². The maximum Gasteiger partial charge on any atom is 0.252 e. The minimum absolute atomic E-state index is 0.258. The van der Waals surface area contributed by atoms with Gasteiger partial charge in [-0.1, -0.05) is 30.3 Å². The Morgan fingerprint density at radius 1 is 0.935 bits per heavy atom. The predicted octanol–water partition coefficient (Wildman–Crippen LogP) is 3.65. The molecule has 2 aromatic carbocycles. The zero-order chi connectivity index (χ0) is 22.1. The summed E-state index contributed by atoms with van der Waals surface area (Å²) in [6.45, 7) is 7.38. The highest BCUT2D eigenvalue weighted by atomic mass is 16.5. The van der Waals surface area contributed by atoms with E-state index in [-0.39, 0.29) is 11.9 Å². The van der Waals surface area contributed by atoms with E-state index in [9.17, 15) is 4.79 Å². The molecule has 0 saturated heterocycles. The standard InChI is InChI=1S/C23H28N4O4/c1-4-29-20-14-18(15-21(30-5-2)22(20)31-6-3)23(28)26-19(16-27-24-12-13-25-27)17-10-8-7-9-11-17/h7-15,19H,4-6,16H2,1-3H3,(H,26,28). The molecule has 0 spiro atoms. The van der Waals surface area contributed by atoms with E-state index in [2.05, 4.69) is 15.5 Å².